The Morgan fingerprint density at radius 3 is 2.25 bits per heavy atom. The van der Waals surface area contributed by atoms with Crippen LogP contribution < -0.4 is 11.1 Å². The molecule has 0 radical (unpaired) electrons. The second-order valence-corrected chi connectivity index (χ2v) is 7.28. The minimum atomic E-state index is -1.09. The number of carboxylic acid groups (broad SMARTS) is 1. The van der Waals surface area contributed by atoms with E-state index in [0.29, 0.717) is 0 Å². The lowest BCUT2D eigenvalue weighted by molar-refractivity contribution is -0.138. The zero-order chi connectivity index (χ0) is 19.8. The van der Waals surface area contributed by atoms with Crippen molar-refractivity contribution in [2.45, 2.75) is 31.8 Å². The Labute approximate surface area is 162 Å². The smallest absolute Gasteiger partial charge is 0.320 e. The van der Waals surface area contributed by atoms with E-state index in [4.69, 9.17) is 10.8 Å². The van der Waals surface area contributed by atoms with Crippen molar-refractivity contribution >= 4 is 44.2 Å². The van der Waals surface area contributed by atoms with Crippen molar-refractivity contribution < 1.29 is 14.7 Å². The summed E-state index contributed by atoms with van der Waals surface area (Å²) < 4.78 is 0. The number of aliphatic carboxylic acids is 1. The number of nitrogens with one attached hydrogen (secondary N) is 1. The standard InChI is InChI=1S/C23H22N2O3/c1-13(25-20(26)12-11-19(24)23(27)28)17-9-7-16-6-5-14-3-2-4-15-8-10-18(17)22(16)21(14)15/h2-10,13,19H,11-12,24H2,1H3,(H,25,26)(H,27,28)/t13?,19-/m0/s1. The second kappa shape index (κ2) is 7.09. The van der Waals surface area contributed by atoms with Gasteiger partial charge in [-0.3, -0.25) is 9.59 Å². The van der Waals surface area contributed by atoms with Gasteiger partial charge in [0.25, 0.3) is 0 Å². The summed E-state index contributed by atoms with van der Waals surface area (Å²) in [5.74, 6) is -1.29. The van der Waals surface area contributed by atoms with Crippen molar-refractivity contribution in [1.82, 2.24) is 5.32 Å². The molecule has 4 rings (SSSR count). The van der Waals surface area contributed by atoms with Crippen molar-refractivity contribution in [1.29, 1.82) is 0 Å². The molecule has 0 heterocycles. The molecule has 0 saturated heterocycles. The van der Waals surface area contributed by atoms with Gasteiger partial charge in [-0.05, 0) is 51.2 Å². The summed E-state index contributed by atoms with van der Waals surface area (Å²) >= 11 is 0. The molecule has 0 saturated carbocycles. The number of nitrogens with two attached hydrogens (primary N) is 1. The molecule has 0 fully saturated rings. The zero-order valence-corrected chi connectivity index (χ0v) is 15.6. The van der Waals surface area contributed by atoms with Crippen LogP contribution in [0.4, 0.5) is 0 Å². The van der Waals surface area contributed by atoms with Crippen LogP contribution in [0.2, 0.25) is 0 Å². The number of rotatable bonds is 6. The normalized spacial score (nSPS) is 13.8. The second-order valence-electron chi connectivity index (χ2n) is 7.28. The van der Waals surface area contributed by atoms with E-state index in [-0.39, 0.29) is 24.8 Å². The first-order chi connectivity index (χ1) is 13.5. The third-order valence-corrected chi connectivity index (χ3v) is 5.41. The molecule has 5 nitrogen and oxygen atoms in total. The van der Waals surface area contributed by atoms with Crippen LogP contribution >= 0.6 is 0 Å². The molecule has 5 heteroatoms. The van der Waals surface area contributed by atoms with E-state index in [0.717, 1.165) is 10.9 Å². The number of hydrogen-bond acceptors (Lipinski definition) is 3. The number of hydrogen-bond donors (Lipinski definition) is 3. The van der Waals surface area contributed by atoms with Gasteiger partial charge in [-0.2, -0.15) is 0 Å². The van der Waals surface area contributed by atoms with Gasteiger partial charge in [0.2, 0.25) is 5.91 Å². The molecule has 0 aliphatic rings. The molecular formula is C23H22N2O3. The quantitative estimate of drug-likeness (QED) is 0.446. The van der Waals surface area contributed by atoms with E-state index < -0.39 is 12.0 Å². The summed E-state index contributed by atoms with van der Waals surface area (Å²) in [6.45, 7) is 1.95. The third-order valence-electron chi connectivity index (χ3n) is 5.41. The number of carbonyl (C=O) groups excluding carboxylic acids is 1. The fourth-order valence-electron chi connectivity index (χ4n) is 3.94. The Balaban J connectivity index is 1.67. The Hall–Kier alpha value is -3.18. The van der Waals surface area contributed by atoms with Crippen LogP contribution in [-0.4, -0.2) is 23.0 Å². The van der Waals surface area contributed by atoms with Crippen molar-refractivity contribution in [3.8, 4) is 0 Å². The summed E-state index contributed by atoms with van der Waals surface area (Å²) in [6.07, 6.45) is 0.204. The van der Waals surface area contributed by atoms with Gasteiger partial charge < -0.3 is 16.2 Å². The molecule has 0 aliphatic carbocycles. The molecule has 0 spiro atoms. The fraction of sp³-hybridized carbons (Fsp3) is 0.217. The van der Waals surface area contributed by atoms with Gasteiger partial charge in [-0.25, -0.2) is 0 Å². The lowest BCUT2D eigenvalue weighted by Crippen LogP contribution is -2.33. The number of carboxylic acids is 1. The number of amides is 1. The first-order valence-corrected chi connectivity index (χ1v) is 9.40. The van der Waals surface area contributed by atoms with Gasteiger partial charge in [0.05, 0.1) is 6.04 Å². The van der Waals surface area contributed by atoms with Crippen LogP contribution in [0.15, 0.2) is 54.6 Å². The third kappa shape index (κ3) is 3.14. The summed E-state index contributed by atoms with van der Waals surface area (Å²) in [5.41, 5.74) is 6.53. The molecule has 142 valence electrons. The van der Waals surface area contributed by atoms with Gasteiger partial charge in [-0.15, -0.1) is 0 Å². The fourth-order valence-corrected chi connectivity index (χ4v) is 3.94. The minimum absolute atomic E-state index is 0.0869. The maximum atomic E-state index is 12.3. The van der Waals surface area contributed by atoms with E-state index >= 15 is 0 Å². The van der Waals surface area contributed by atoms with E-state index in [1.54, 1.807) is 0 Å². The molecule has 2 atom stereocenters. The van der Waals surface area contributed by atoms with E-state index in [9.17, 15) is 9.59 Å². The first-order valence-electron chi connectivity index (χ1n) is 9.40. The van der Waals surface area contributed by atoms with Crippen molar-refractivity contribution in [2.75, 3.05) is 0 Å². The van der Waals surface area contributed by atoms with Gasteiger partial charge in [0.1, 0.15) is 6.04 Å². The first kappa shape index (κ1) is 18.2. The van der Waals surface area contributed by atoms with Gasteiger partial charge in [0.15, 0.2) is 0 Å². The number of benzene rings is 4. The van der Waals surface area contributed by atoms with Gasteiger partial charge in [-0.1, -0.05) is 54.6 Å². The van der Waals surface area contributed by atoms with Crippen LogP contribution in [0, 0.1) is 0 Å². The SMILES string of the molecule is CC(NC(=O)CC[C@H](N)C(=O)O)c1ccc2ccc3cccc4ccc1c2c34. The van der Waals surface area contributed by atoms with Crippen molar-refractivity contribution in [3.63, 3.8) is 0 Å². The summed E-state index contributed by atoms with van der Waals surface area (Å²) in [5, 5.41) is 19.0. The largest absolute Gasteiger partial charge is 0.480 e. The maximum Gasteiger partial charge on any atom is 0.320 e. The van der Waals surface area contributed by atoms with Crippen LogP contribution in [0.5, 0.6) is 0 Å². The van der Waals surface area contributed by atoms with E-state index in [1.165, 1.54) is 26.9 Å². The molecule has 0 aromatic heterocycles. The average molecular weight is 374 g/mol. The molecule has 1 unspecified atom stereocenters. The highest BCUT2D eigenvalue weighted by atomic mass is 16.4. The molecule has 4 aromatic rings. The predicted octanol–water partition coefficient (Wildman–Crippen LogP) is 3.95. The van der Waals surface area contributed by atoms with Crippen LogP contribution in [0.25, 0.3) is 32.3 Å². The average Bonchev–Trinajstić information content (AvgIpc) is 2.69. The molecule has 4 N–H and O–H groups in total. The Kier molecular flexibility index (Phi) is 4.61. The monoisotopic (exact) mass is 374 g/mol. The highest BCUT2D eigenvalue weighted by molar-refractivity contribution is 6.23. The summed E-state index contributed by atoms with van der Waals surface area (Å²) in [7, 11) is 0. The Morgan fingerprint density at radius 1 is 0.964 bits per heavy atom. The lowest BCUT2D eigenvalue weighted by atomic mass is 9.90. The van der Waals surface area contributed by atoms with Crippen LogP contribution in [0.3, 0.4) is 0 Å². The Morgan fingerprint density at radius 2 is 1.57 bits per heavy atom. The molecular weight excluding hydrogens is 352 g/mol. The zero-order valence-electron chi connectivity index (χ0n) is 15.6. The van der Waals surface area contributed by atoms with E-state index in [1.807, 2.05) is 6.92 Å². The Bertz CT molecular complexity index is 1170. The van der Waals surface area contributed by atoms with Crippen LogP contribution in [0.1, 0.15) is 31.4 Å². The molecule has 0 bridgehead atoms. The van der Waals surface area contributed by atoms with E-state index in [2.05, 4.69) is 59.9 Å². The number of carbonyl (C=O) groups is 2. The summed E-state index contributed by atoms with van der Waals surface area (Å²) in [6, 6.07) is 17.7. The van der Waals surface area contributed by atoms with Crippen molar-refractivity contribution in [2.24, 2.45) is 5.73 Å². The van der Waals surface area contributed by atoms with Gasteiger partial charge >= 0.3 is 5.97 Å². The molecule has 28 heavy (non-hydrogen) atoms. The molecule has 4 aromatic carbocycles. The predicted molar refractivity (Wildman–Crippen MR) is 112 cm³/mol. The van der Waals surface area contributed by atoms with Gasteiger partial charge in [0, 0.05) is 6.42 Å². The highest BCUT2D eigenvalue weighted by Gasteiger charge is 2.18. The van der Waals surface area contributed by atoms with Crippen LogP contribution in [-0.2, 0) is 9.59 Å². The maximum absolute atomic E-state index is 12.3. The topological polar surface area (TPSA) is 92.4 Å². The molecule has 0 aliphatic heterocycles. The highest BCUT2D eigenvalue weighted by Crippen LogP contribution is 2.37. The minimum Gasteiger partial charge on any atom is -0.480 e. The van der Waals surface area contributed by atoms with Crippen molar-refractivity contribution in [3.05, 3.63) is 60.2 Å². The molecule has 1 amide bonds. The summed E-state index contributed by atoms with van der Waals surface area (Å²) in [4.78, 5) is 23.1. The lowest BCUT2D eigenvalue weighted by Gasteiger charge is -2.19.